The molecule has 0 radical (unpaired) electrons. The number of carbonyl (C=O) groups excluding carboxylic acids is 1. The van der Waals surface area contributed by atoms with Crippen LogP contribution in [0.15, 0.2) is 28.7 Å². The molecule has 17 heavy (non-hydrogen) atoms. The van der Waals surface area contributed by atoms with E-state index in [4.69, 9.17) is 4.74 Å². The van der Waals surface area contributed by atoms with Crippen LogP contribution in [0.1, 0.15) is 20.8 Å². The summed E-state index contributed by atoms with van der Waals surface area (Å²) in [7, 11) is 0. The van der Waals surface area contributed by atoms with Gasteiger partial charge in [0.2, 0.25) is 0 Å². The first-order chi connectivity index (χ1) is 8.10. The van der Waals surface area contributed by atoms with E-state index in [1.165, 1.54) is 0 Å². The third-order valence-electron chi connectivity index (χ3n) is 2.56. The van der Waals surface area contributed by atoms with Crippen LogP contribution in [0.25, 0.3) is 0 Å². The Labute approximate surface area is 111 Å². The van der Waals surface area contributed by atoms with Gasteiger partial charge in [0.15, 0.2) is 6.10 Å². The highest BCUT2D eigenvalue weighted by Gasteiger charge is 2.20. The molecule has 4 heteroatoms. The lowest BCUT2D eigenvalue weighted by Crippen LogP contribution is -2.40. The summed E-state index contributed by atoms with van der Waals surface area (Å²) in [6.07, 6.45) is -0.464. The Morgan fingerprint density at radius 3 is 2.47 bits per heavy atom. The molecule has 3 nitrogen and oxygen atoms in total. The van der Waals surface area contributed by atoms with Gasteiger partial charge in [-0.15, -0.1) is 0 Å². The standard InChI is InChI=1S/C13H18BrNO2/c1-4-15(5-2)13(16)10(3)17-12-9-7-6-8-11(12)14/h6-10H,4-5H2,1-3H3. The minimum Gasteiger partial charge on any atom is -0.480 e. The van der Waals surface area contributed by atoms with Crippen LogP contribution in [0, 0.1) is 0 Å². The fraction of sp³-hybridized carbons (Fsp3) is 0.462. The number of carbonyl (C=O) groups is 1. The maximum atomic E-state index is 12.0. The van der Waals surface area contributed by atoms with Crippen LogP contribution in [-0.2, 0) is 4.79 Å². The number of benzene rings is 1. The second-order valence-corrected chi connectivity index (χ2v) is 4.56. The lowest BCUT2D eigenvalue weighted by atomic mass is 10.3. The van der Waals surface area contributed by atoms with E-state index < -0.39 is 6.10 Å². The van der Waals surface area contributed by atoms with Gasteiger partial charge >= 0.3 is 0 Å². The van der Waals surface area contributed by atoms with Crippen LogP contribution in [-0.4, -0.2) is 30.0 Å². The number of hydrogen-bond acceptors (Lipinski definition) is 2. The molecule has 94 valence electrons. The number of ether oxygens (including phenoxy) is 1. The molecule has 1 atom stereocenters. The van der Waals surface area contributed by atoms with Gasteiger partial charge in [0.25, 0.3) is 5.91 Å². The molecule has 1 rings (SSSR count). The zero-order valence-corrected chi connectivity index (χ0v) is 12.0. The Morgan fingerprint density at radius 2 is 1.94 bits per heavy atom. The van der Waals surface area contributed by atoms with E-state index in [0.29, 0.717) is 18.8 Å². The van der Waals surface area contributed by atoms with E-state index in [-0.39, 0.29) is 5.91 Å². The average molecular weight is 300 g/mol. The van der Waals surface area contributed by atoms with Crippen molar-refractivity contribution in [1.82, 2.24) is 4.90 Å². The molecule has 0 aromatic heterocycles. The van der Waals surface area contributed by atoms with E-state index >= 15 is 0 Å². The van der Waals surface area contributed by atoms with Crippen LogP contribution in [0.3, 0.4) is 0 Å². The van der Waals surface area contributed by atoms with Crippen LogP contribution >= 0.6 is 15.9 Å². The Hall–Kier alpha value is -1.03. The molecule has 1 unspecified atom stereocenters. The predicted octanol–water partition coefficient (Wildman–Crippen LogP) is 3.08. The van der Waals surface area contributed by atoms with E-state index in [2.05, 4.69) is 15.9 Å². The van der Waals surface area contributed by atoms with Crippen molar-refractivity contribution < 1.29 is 9.53 Å². The Bertz CT molecular complexity index is 377. The second-order valence-electron chi connectivity index (χ2n) is 3.70. The van der Waals surface area contributed by atoms with E-state index in [0.717, 1.165) is 4.47 Å². The molecule has 0 aliphatic carbocycles. The molecule has 0 heterocycles. The lowest BCUT2D eigenvalue weighted by molar-refractivity contribution is -0.137. The summed E-state index contributed by atoms with van der Waals surface area (Å²) < 4.78 is 6.51. The topological polar surface area (TPSA) is 29.5 Å². The average Bonchev–Trinajstić information content (AvgIpc) is 2.33. The molecule has 0 aliphatic heterocycles. The monoisotopic (exact) mass is 299 g/mol. The van der Waals surface area contributed by atoms with Gasteiger partial charge < -0.3 is 9.64 Å². The lowest BCUT2D eigenvalue weighted by Gasteiger charge is -2.23. The smallest absolute Gasteiger partial charge is 0.263 e. The summed E-state index contributed by atoms with van der Waals surface area (Å²) >= 11 is 3.40. The first-order valence-electron chi connectivity index (χ1n) is 5.80. The number of halogens is 1. The molecule has 0 bridgehead atoms. The van der Waals surface area contributed by atoms with Crippen molar-refractivity contribution in [1.29, 1.82) is 0 Å². The third kappa shape index (κ3) is 3.73. The van der Waals surface area contributed by atoms with Gasteiger partial charge in [0, 0.05) is 13.1 Å². The predicted molar refractivity (Wildman–Crippen MR) is 72.2 cm³/mol. The fourth-order valence-electron chi connectivity index (χ4n) is 1.57. The maximum absolute atomic E-state index is 12.0. The highest BCUT2D eigenvalue weighted by atomic mass is 79.9. The van der Waals surface area contributed by atoms with Gasteiger partial charge in [-0.2, -0.15) is 0 Å². The van der Waals surface area contributed by atoms with Crippen molar-refractivity contribution >= 4 is 21.8 Å². The normalized spacial score (nSPS) is 12.0. The molecule has 0 saturated heterocycles. The van der Waals surface area contributed by atoms with E-state index in [1.807, 2.05) is 38.1 Å². The van der Waals surface area contributed by atoms with Crippen molar-refractivity contribution in [3.63, 3.8) is 0 Å². The van der Waals surface area contributed by atoms with Crippen molar-refractivity contribution in [2.45, 2.75) is 26.9 Å². The number of para-hydroxylation sites is 1. The number of hydrogen-bond donors (Lipinski definition) is 0. The first kappa shape index (κ1) is 14.0. The van der Waals surface area contributed by atoms with Gasteiger partial charge in [0.1, 0.15) is 5.75 Å². The second kappa shape index (κ2) is 6.64. The molecule has 1 aromatic rings. The van der Waals surface area contributed by atoms with Gasteiger partial charge in [0.05, 0.1) is 4.47 Å². The summed E-state index contributed by atoms with van der Waals surface area (Å²) in [5.41, 5.74) is 0. The fourth-order valence-corrected chi connectivity index (χ4v) is 1.95. The quantitative estimate of drug-likeness (QED) is 0.836. The molecule has 0 spiro atoms. The molecule has 0 fully saturated rings. The molecule has 0 aliphatic rings. The summed E-state index contributed by atoms with van der Waals surface area (Å²) in [5.74, 6) is 0.714. The zero-order valence-electron chi connectivity index (χ0n) is 10.4. The first-order valence-corrected chi connectivity index (χ1v) is 6.59. The minimum atomic E-state index is -0.464. The van der Waals surface area contributed by atoms with Gasteiger partial charge in [-0.05, 0) is 48.8 Å². The van der Waals surface area contributed by atoms with Gasteiger partial charge in [-0.1, -0.05) is 12.1 Å². The molecular weight excluding hydrogens is 282 g/mol. The SMILES string of the molecule is CCN(CC)C(=O)C(C)Oc1ccccc1Br. The number of likely N-dealkylation sites (N-methyl/N-ethyl adjacent to an activating group) is 1. The van der Waals surface area contributed by atoms with Crippen molar-refractivity contribution in [3.8, 4) is 5.75 Å². The largest absolute Gasteiger partial charge is 0.480 e. The number of amides is 1. The Balaban J connectivity index is 2.69. The molecule has 0 saturated carbocycles. The van der Waals surface area contributed by atoms with Crippen LogP contribution in [0.2, 0.25) is 0 Å². The highest BCUT2D eigenvalue weighted by molar-refractivity contribution is 9.10. The highest BCUT2D eigenvalue weighted by Crippen LogP contribution is 2.25. The zero-order chi connectivity index (χ0) is 12.8. The van der Waals surface area contributed by atoms with Crippen molar-refractivity contribution in [3.05, 3.63) is 28.7 Å². The molecule has 1 aromatic carbocycles. The molecular formula is C13H18BrNO2. The summed E-state index contributed by atoms with van der Waals surface area (Å²) in [4.78, 5) is 13.8. The summed E-state index contributed by atoms with van der Waals surface area (Å²) in [6.45, 7) is 7.12. The van der Waals surface area contributed by atoms with Crippen molar-refractivity contribution in [2.75, 3.05) is 13.1 Å². The van der Waals surface area contributed by atoms with Crippen LogP contribution < -0.4 is 4.74 Å². The number of nitrogens with zero attached hydrogens (tertiary/aromatic N) is 1. The van der Waals surface area contributed by atoms with E-state index in [1.54, 1.807) is 11.8 Å². The number of rotatable bonds is 5. The summed E-state index contributed by atoms with van der Waals surface area (Å²) in [5, 5.41) is 0. The van der Waals surface area contributed by atoms with Crippen LogP contribution in [0.5, 0.6) is 5.75 Å². The van der Waals surface area contributed by atoms with Gasteiger partial charge in [-0.3, -0.25) is 4.79 Å². The molecule has 1 amide bonds. The third-order valence-corrected chi connectivity index (χ3v) is 3.22. The molecule has 0 N–H and O–H groups in total. The van der Waals surface area contributed by atoms with Gasteiger partial charge in [-0.25, -0.2) is 0 Å². The van der Waals surface area contributed by atoms with Crippen molar-refractivity contribution in [2.24, 2.45) is 0 Å². The maximum Gasteiger partial charge on any atom is 0.263 e. The minimum absolute atomic E-state index is 0.0192. The van der Waals surface area contributed by atoms with Crippen LogP contribution in [0.4, 0.5) is 0 Å². The van der Waals surface area contributed by atoms with E-state index in [9.17, 15) is 4.79 Å². The Morgan fingerprint density at radius 1 is 1.35 bits per heavy atom. The Kier molecular flexibility index (Phi) is 5.48. The summed E-state index contributed by atoms with van der Waals surface area (Å²) in [6, 6.07) is 7.53.